The highest BCUT2D eigenvalue weighted by atomic mass is 19.4. The standard InChI is InChI=1S/C25H23F3N4O4/c1-35-17-9-14(10-18(12-17)36-2)22-19-5-7-29-23(19)24(34)32(30-22)21-11-15(31-8-6-16(33)13-31)3-4-20(21)25(26,27)28/h3-5,7,9-12,16,29,33H,6,8,13H2,1-2H3/t16-/m0/s1. The fourth-order valence-electron chi connectivity index (χ4n) is 4.48. The molecule has 36 heavy (non-hydrogen) atoms. The monoisotopic (exact) mass is 500 g/mol. The molecule has 0 amide bonds. The van der Waals surface area contributed by atoms with Crippen molar-refractivity contribution in [2.75, 3.05) is 32.2 Å². The summed E-state index contributed by atoms with van der Waals surface area (Å²) in [6, 6.07) is 10.2. The number of nitrogens with one attached hydrogen (secondary N) is 1. The molecule has 1 saturated heterocycles. The summed E-state index contributed by atoms with van der Waals surface area (Å²) in [5.41, 5.74) is -0.788. The van der Waals surface area contributed by atoms with Gasteiger partial charge in [-0.3, -0.25) is 4.79 Å². The van der Waals surface area contributed by atoms with E-state index in [4.69, 9.17) is 9.47 Å². The summed E-state index contributed by atoms with van der Waals surface area (Å²) in [5, 5.41) is 14.8. The van der Waals surface area contributed by atoms with E-state index in [0.29, 0.717) is 41.1 Å². The van der Waals surface area contributed by atoms with Gasteiger partial charge in [-0.05, 0) is 42.8 Å². The number of anilines is 1. The third kappa shape index (κ3) is 4.15. The molecule has 11 heteroatoms. The van der Waals surface area contributed by atoms with Crippen molar-refractivity contribution in [2.45, 2.75) is 18.7 Å². The number of aromatic nitrogens is 3. The van der Waals surface area contributed by atoms with Crippen LogP contribution in [-0.2, 0) is 6.18 Å². The molecule has 5 rings (SSSR count). The molecule has 188 valence electrons. The van der Waals surface area contributed by atoms with Crippen LogP contribution in [0.5, 0.6) is 11.5 Å². The van der Waals surface area contributed by atoms with E-state index >= 15 is 0 Å². The van der Waals surface area contributed by atoms with E-state index in [1.54, 1.807) is 29.2 Å². The van der Waals surface area contributed by atoms with Crippen molar-refractivity contribution in [1.29, 1.82) is 0 Å². The molecule has 3 heterocycles. The number of aliphatic hydroxyl groups excluding tert-OH is 1. The van der Waals surface area contributed by atoms with E-state index in [0.717, 1.165) is 10.7 Å². The van der Waals surface area contributed by atoms with E-state index in [1.807, 2.05) is 0 Å². The Kier molecular flexibility index (Phi) is 5.87. The molecule has 8 nitrogen and oxygen atoms in total. The van der Waals surface area contributed by atoms with Crippen LogP contribution in [0.1, 0.15) is 12.0 Å². The lowest BCUT2D eigenvalue weighted by molar-refractivity contribution is -0.137. The molecule has 2 N–H and O–H groups in total. The van der Waals surface area contributed by atoms with Gasteiger partial charge in [-0.1, -0.05) is 0 Å². The van der Waals surface area contributed by atoms with Gasteiger partial charge >= 0.3 is 6.18 Å². The zero-order valence-electron chi connectivity index (χ0n) is 19.5. The Morgan fingerprint density at radius 2 is 1.81 bits per heavy atom. The summed E-state index contributed by atoms with van der Waals surface area (Å²) in [4.78, 5) is 18.0. The van der Waals surface area contributed by atoms with Crippen molar-refractivity contribution >= 4 is 16.6 Å². The number of benzene rings is 2. The second-order valence-corrected chi connectivity index (χ2v) is 8.52. The maximum absolute atomic E-state index is 14.1. The highest BCUT2D eigenvalue weighted by Crippen LogP contribution is 2.37. The SMILES string of the molecule is COc1cc(OC)cc(-c2nn(-c3cc(N4CC[C@H](O)C4)ccc3C(F)(F)F)c(=O)c3[nH]ccc23)c1. The van der Waals surface area contributed by atoms with E-state index in [9.17, 15) is 23.1 Å². The third-order valence-electron chi connectivity index (χ3n) is 6.28. The highest BCUT2D eigenvalue weighted by molar-refractivity contribution is 5.92. The first-order chi connectivity index (χ1) is 17.2. The number of methoxy groups -OCH3 is 2. The Bertz CT molecular complexity index is 1470. The Morgan fingerprint density at radius 1 is 1.08 bits per heavy atom. The summed E-state index contributed by atoms with van der Waals surface area (Å²) in [6.45, 7) is 0.774. The number of ether oxygens (including phenoxy) is 2. The quantitative estimate of drug-likeness (QED) is 0.431. The summed E-state index contributed by atoms with van der Waals surface area (Å²) >= 11 is 0. The fraction of sp³-hybridized carbons (Fsp3) is 0.280. The van der Waals surface area contributed by atoms with Crippen LogP contribution in [0, 0.1) is 0 Å². The maximum atomic E-state index is 14.1. The van der Waals surface area contributed by atoms with Crippen LogP contribution in [0.4, 0.5) is 18.9 Å². The van der Waals surface area contributed by atoms with E-state index < -0.39 is 29.1 Å². The number of hydrogen-bond acceptors (Lipinski definition) is 6. The molecule has 4 aromatic rings. The number of halogens is 3. The zero-order chi connectivity index (χ0) is 25.6. The smallest absolute Gasteiger partial charge is 0.418 e. The molecular weight excluding hydrogens is 477 g/mol. The van der Waals surface area contributed by atoms with Crippen LogP contribution in [0.25, 0.3) is 27.8 Å². The lowest BCUT2D eigenvalue weighted by Crippen LogP contribution is -2.26. The van der Waals surface area contributed by atoms with Gasteiger partial charge in [0, 0.05) is 42.0 Å². The number of hydrogen-bond donors (Lipinski definition) is 2. The summed E-state index contributed by atoms with van der Waals surface area (Å²) < 4.78 is 53.7. The Morgan fingerprint density at radius 3 is 2.42 bits per heavy atom. The molecule has 1 atom stereocenters. The van der Waals surface area contributed by atoms with Gasteiger partial charge < -0.3 is 24.5 Å². The minimum atomic E-state index is -4.73. The van der Waals surface area contributed by atoms with E-state index in [1.165, 1.54) is 32.5 Å². The van der Waals surface area contributed by atoms with Crippen molar-refractivity contribution in [3.8, 4) is 28.4 Å². The Labute approximate surface area is 203 Å². The van der Waals surface area contributed by atoms with Gasteiger partial charge in [0.15, 0.2) is 0 Å². The van der Waals surface area contributed by atoms with Crippen LogP contribution in [-0.4, -0.2) is 53.3 Å². The predicted molar refractivity (Wildman–Crippen MR) is 128 cm³/mol. The average molecular weight is 500 g/mol. The van der Waals surface area contributed by atoms with Crippen molar-refractivity contribution in [2.24, 2.45) is 0 Å². The number of aliphatic hydroxyl groups is 1. The summed E-state index contributed by atoms with van der Waals surface area (Å²) in [5.74, 6) is 0.913. The average Bonchev–Trinajstić information content (AvgIpc) is 3.53. The molecule has 2 aromatic carbocycles. The first kappa shape index (κ1) is 23.7. The Hall–Kier alpha value is -3.99. The number of nitrogens with zero attached hydrogens (tertiary/aromatic N) is 3. The lowest BCUT2D eigenvalue weighted by Gasteiger charge is -2.21. The molecule has 1 aliphatic heterocycles. The first-order valence-electron chi connectivity index (χ1n) is 11.2. The fourth-order valence-corrected chi connectivity index (χ4v) is 4.48. The molecule has 0 aliphatic carbocycles. The Balaban J connectivity index is 1.78. The minimum absolute atomic E-state index is 0.108. The molecule has 0 radical (unpaired) electrons. The van der Waals surface area contributed by atoms with Crippen LogP contribution >= 0.6 is 0 Å². The second kappa shape index (κ2) is 8.90. The van der Waals surface area contributed by atoms with Gasteiger partial charge in [0.2, 0.25) is 0 Å². The topological polar surface area (TPSA) is 92.6 Å². The normalized spacial score (nSPS) is 16.1. The van der Waals surface area contributed by atoms with Gasteiger partial charge in [0.1, 0.15) is 22.7 Å². The van der Waals surface area contributed by atoms with Crippen LogP contribution in [0.3, 0.4) is 0 Å². The van der Waals surface area contributed by atoms with Crippen molar-refractivity contribution < 1.29 is 27.8 Å². The number of alkyl halides is 3. The van der Waals surface area contributed by atoms with Gasteiger partial charge in [-0.25, -0.2) is 0 Å². The highest BCUT2D eigenvalue weighted by Gasteiger charge is 2.36. The molecular formula is C25H23F3N4O4. The van der Waals surface area contributed by atoms with Gasteiger partial charge in [-0.2, -0.15) is 23.0 Å². The predicted octanol–water partition coefficient (Wildman–Crippen LogP) is 3.99. The third-order valence-corrected chi connectivity index (χ3v) is 6.28. The van der Waals surface area contributed by atoms with Crippen LogP contribution in [0.2, 0.25) is 0 Å². The van der Waals surface area contributed by atoms with Crippen LogP contribution in [0.15, 0.2) is 53.5 Å². The molecule has 0 unspecified atom stereocenters. The number of aromatic amines is 1. The second-order valence-electron chi connectivity index (χ2n) is 8.52. The number of fused-ring (bicyclic) bond motifs is 1. The molecule has 0 spiro atoms. The van der Waals surface area contributed by atoms with Crippen molar-refractivity contribution in [1.82, 2.24) is 14.8 Å². The summed E-state index contributed by atoms with van der Waals surface area (Å²) in [7, 11) is 2.96. The van der Waals surface area contributed by atoms with Crippen molar-refractivity contribution in [3.05, 3.63) is 64.6 Å². The number of rotatable bonds is 5. The summed E-state index contributed by atoms with van der Waals surface area (Å²) in [6.07, 6.45) is -3.26. The number of H-pyrrole nitrogens is 1. The minimum Gasteiger partial charge on any atom is -0.497 e. The van der Waals surface area contributed by atoms with E-state index in [-0.39, 0.29) is 17.8 Å². The molecule has 0 saturated carbocycles. The maximum Gasteiger partial charge on any atom is 0.418 e. The molecule has 0 bridgehead atoms. The molecule has 1 fully saturated rings. The lowest BCUT2D eigenvalue weighted by atomic mass is 10.1. The van der Waals surface area contributed by atoms with Gasteiger partial charge in [0.25, 0.3) is 5.56 Å². The molecule has 1 aliphatic rings. The van der Waals surface area contributed by atoms with Gasteiger partial charge in [0.05, 0.1) is 31.6 Å². The van der Waals surface area contributed by atoms with Crippen molar-refractivity contribution in [3.63, 3.8) is 0 Å². The van der Waals surface area contributed by atoms with E-state index in [2.05, 4.69) is 10.1 Å². The number of β-amino-alcohol motifs (C(OH)–C–C–N with tert-alkyl or cyclic N) is 1. The first-order valence-corrected chi connectivity index (χ1v) is 11.2. The molecule has 2 aromatic heterocycles. The zero-order valence-corrected chi connectivity index (χ0v) is 19.5. The van der Waals surface area contributed by atoms with Crippen LogP contribution < -0.4 is 19.9 Å². The van der Waals surface area contributed by atoms with Gasteiger partial charge in [-0.15, -0.1) is 0 Å². The largest absolute Gasteiger partial charge is 0.497 e.